The average Bonchev–Trinajstić information content (AvgIpc) is 3.04. The predicted molar refractivity (Wildman–Crippen MR) is 94.4 cm³/mol. The van der Waals surface area contributed by atoms with Gasteiger partial charge in [0.15, 0.2) is 5.29 Å². The smallest absolute Gasteiger partial charge is 0.233 e. The third-order valence-electron chi connectivity index (χ3n) is 3.57. The van der Waals surface area contributed by atoms with Crippen molar-refractivity contribution in [1.29, 1.82) is 0 Å². The van der Waals surface area contributed by atoms with Gasteiger partial charge >= 0.3 is 0 Å². The molecular weight excluding hydrogens is 330 g/mol. The zero-order chi connectivity index (χ0) is 15.6. The summed E-state index contributed by atoms with van der Waals surface area (Å²) in [4.78, 5) is 8.97. The van der Waals surface area contributed by atoms with Crippen molar-refractivity contribution in [3.8, 4) is 10.6 Å². The second-order valence-electron chi connectivity index (χ2n) is 5.08. The topological polar surface area (TPSA) is 62.5 Å². The summed E-state index contributed by atoms with van der Waals surface area (Å²) in [5, 5.41) is 13.2. The Kier molecular flexibility index (Phi) is 3.77. The third kappa shape index (κ3) is 2.95. The maximum Gasteiger partial charge on any atom is 0.233 e. The molecule has 1 aromatic heterocycles. The molecule has 0 bridgehead atoms. The highest BCUT2D eigenvalue weighted by molar-refractivity contribution is 7.18. The first kappa shape index (κ1) is 14.3. The van der Waals surface area contributed by atoms with Crippen LogP contribution in [0, 0.1) is 5.92 Å². The van der Waals surface area contributed by atoms with Gasteiger partial charge in [-0.15, -0.1) is 10.2 Å². The van der Waals surface area contributed by atoms with E-state index in [1.54, 1.807) is 0 Å². The molecule has 2 aromatic rings. The van der Waals surface area contributed by atoms with Gasteiger partial charge in [-0.1, -0.05) is 66.0 Å². The Morgan fingerprint density at radius 1 is 1.09 bits per heavy atom. The molecule has 7 heteroatoms. The zero-order valence-electron chi connectivity index (χ0n) is 11.9. The van der Waals surface area contributed by atoms with E-state index >= 15 is 0 Å². The van der Waals surface area contributed by atoms with Gasteiger partial charge in [0.1, 0.15) is 10.8 Å². The summed E-state index contributed by atoms with van der Waals surface area (Å²) in [6.07, 6.45) is 8.03. The van der Waals surface area contributed by atoms with E-state index in [0.29, 0.717) is 10.4 Å². The van der Waals surface area contributed by atoms with Crippen LogP contribution in [-0.2, 0) is 0 Å². The summed E-state index contributed by atoms with van der Waals surface area (Å²) >= 11 is 7.51. The molecule has 4 rings (SSSR count). The number of fused-ring (bicyclic) bond motifs is 1. The van der Waals surface area contributed by atoms with Crippen molar-refractivity contribution in [3.05, 3.63) is 54.6 Å². The molecule has 2 unspecified atom stereocenters. The number of aliphatic imine (C=N–C) groups is 2. The van der Waals surface area contributed by atoms with Crippen molar-refractivity contribution in [3.63, 3.8) is 0 Å². The lowest BCUT2D eigenvalue weighted by Crippen LogP contribution is -2.43. The molecule has 1 aliphatic heterocycles. The minimum Gasteiger partial charge on any atom is -0.318 e. The van der Waals surface area contributed by atoms with E-state index in [1.165, 1.54) is 11.3 Å². The summed E-state index contributed by atoms with van der Waals surface area (Å²) < 4.78 is 0. The van der Waals surface area contributed by atoms with E-state index < -0.39 is 0 Å². The van der Waals surface area contributed by atoms with Crippen LogP contribution in [0.15, 0.2) is 64.6 Å². The van der Waals surface area contributed by atoms with Crippen molar-refractivity contribution in [1.82, 2.24) is 15.5 Å². The molecule has 1 aromatic carbocycles. The molecule has 0 saturated heterocycles. The fourth-order valence-corrected chi connectivity index (χ4v) is 3.43. The standard InChI is InChI=1S/C16H12ClN5S/c17-15-18-12-9-5-4-8-11(12)13(19-15)20-16-22-21-14(23-16)10-6-2-1-3-7-10/h1-9,11-12H,(H,18,19,20,22). The van der Waals surface area contributed by atoms with Crippen molar-refractivity contribution in [2.75, 3.05) is 0 Å². The molecule has 114 valence electrons. The monoisotopic (exact) mass is 341 g/mol. The fraction of sp³-hybridized carbons (Fsp3) is 0.125. The van der Waals surface area contributed by atoms with Gasteiger partial charge in [0.2, 0.25) is 5.13 Å². The zero-order valence-corrected chi connectivity index (χ0v) is 13.5. The normalized spacial score (nSPS) is 24.2. The molecule has 0 amide bonds. The molecule has 2 aliphatic rings. The minimum absolute atomic E-state index is 0.0194. The molecule has 23 heavy (non-hydrogen) atoms. The third-order valence-corrected chi connectivity index (χ3v) is 4.62. The van der Waals surface area contributed by atoms with Crippen LogP contribution in [0.1, 0.15) is 0 Å². The summed E-state index contributed by atoms with van der Waals surface area (Å²) in [6.45, 7) is 0. The summed E-state index contributed by atoms with van der Waals surface area (Å²) in [6, 6.07) is 9.92. The lowest BCUT2D eigenvalue weighted by Gasteiger charge is -2.27. The number of benzene rings is 1. The van der Waals surface area contributed by atoms with E-state index in [1.807, 2.05) is 48.6 Å². The van der Waals surface area contributed by atoms with E-state index in [2.05, 4.69) is 31.6 Å². The van der Waals surface area contributed by atoms with Gasteiger partial charge in [0, 0.05) is 5.56 Å². The van der Waals surface area contributed by atoms with Gasteiger partial charge in [-0.2, -0.15) is 0 Å². The summed E-state index contributed by atoms with van der Waals surface area (Å²) in [5.74, 6) is 0.790. The van der Waals surface area contributed by atoms with E-state index in [0.717, 1.165) is 16.4 Å². The maximum absolute atomic E-state index is 6.07. The fourth-order valence-electron chi connectivity index (χ4n) is 2.49. The largest absolute Gasteiger partial charge is 0.318 e. The quantitative estimate of drug-likeness (QED) is 0.850. The van der Waals surface area contributed by atoms with E-state index in [9.17, 15) is 0 Å². The molecule has 2 atom stereocenters. The van der Waals surface area contributed by atoms with Crippen LogP contribution >= 0.6 is 22.9 Å². The SMILES string of the molecule is ClC1=NC2C=CC=CC2/C(=N/c2nnc(-c3ccccc3)s2)N1. The molecule has 1 aliphatic carbocycles. The number of amidine groups is 2. The number of hydrogen-bond donors (Lipinski definition) is 1. The number of nitrogens with one attached hydrogen (secondary N) is 1. The molecule has 2 heterocycles. The Labute approximate surface area is 142 Å². The van der Waals surface area contributed by atoms with Crippen molar-refractivity contribution >= 4 is 39.2 Å². The van der Waals surface area contributed by atoms with Crippen LogP contribution in [-0.4, -0.2) is 27.4 Å². The number of allylic oxidation sites excluding steroid dienone is 2. The Hall–Kier alpha value is -2.31. The molecule has 0 radical (unpaired) electrons. The molecule has 1 N–H and O–H groups in total. The number of hydrogen-bond acceptors (Lipinski definition) is 5. The van der Waals surface area contributed by atoms with Crippen LogP contribution in [0.3, 0.4) is 0 Å². The molecule has 0 spiro atoms. The highest BCUT2D eigenvalue weighted by atomic mass is 35.5. The molecule has 5 nitrogen and oxygen atoms in total. The van der Waals surface area contributed by atoms with Crippen LogP contribution in [0.4, 0.5) is 5.13 Å². The van der Waals surface area contributed by atoms with E-state index in [-0.39, 0.29) is 12.0 Å². The first-order valence-electron chi connectivity index (χ1n) is 7.12. The average molecular weight is 342 g/mol. The highest BCUT2D eigenvalue weighted by Crippen LogP contribution is 2.29. The Morgan fingerprint density at radius 3 is 2.78 bits per heavy atom. The van der Waals surface area contributed by atoms with Crippen LogP contribution in [0.2, 0.25) is 0 Å². The second kappa shape index (κ2) is 6.06. The first-order chi connectivity index (χ1) is 11.3. The van der Waals surface area contributed by atoms with Crippen LogP contribution in [0.25, 0.3) is 10.6 Å². The Balaban J connectivity index is 1.65. The second-order valence-corrected chi connectivity index (χ2v) is 6.40. The Morgan fingerprint density at radius 2 is 1.91 bits per heavy atom. The van der Waals surface area contributed by atoms with Gasteiger partial charge in [0.25, 0.3) is 0 Å². The predicted octanol–water partition coefficient (Wildman–Crippen LogP) is 3.54. The number of aromatic nitrogens is 2. The van der Waals surface area contributed by atoms with Crippen LogP contribution < -0.4 is 5.32 Å². The highest BCUT2D eigenvalue weighted by Gasteiger charge is 2.29. The summed E-state index contributed by atoms with van der Waals surface area (Å²) in [7, 11) is 0. The van der Waals surface area contributed by atoms with Crippen molar-refractivity contribution < 1.29 is 0 Å². The van der Waals surface area contributed by atoms with Gasteiger partial charge in [0.05, 0.1) is 12.0 Å². The number of halogens is 1. The lowest BCUT2D eigenvalue weighted by molar-refractivity contribution is 0.689. The summed E-state index contributed by atoms with van der Waals surface area (Å²) in [5.41, 5.74) is 1.03. The van der Waals surface area contributed by atoms with Crippen molar-refractivity contribution in [2.45, 2.75) is 6.04 Å². The maximum atomic E-state index is 6.07. The lowest BCUT2D eigenvalue weighted by atomic mass is 9.93. The van der Waals surface area contributed by atoms with Crippen molar-refractivity contribution in [2.24, 2.45) is 15.9 Å². The molecule has 0 fully saturated rings. The van der Waals surface area contributed by atoms with Gasteiger partial charge < -0.3 is 5.32 Å². The van der Waals surface area contributed by atoms with E-state index in [4.69, 9.17) is 11.6 Å². The Bertz CT molecular complexity index is 837. The van der Waals surface area contributed by atoms with Crippen LogP contribution in [0.5, 0.6) is 0 Å². The van der Waals surface area contributed by atoms with Gasteiger partial charge in [-0.05, 0) is 11.6 Å². The number of rotatable bonds is 2. The van der Waals surface area contributed by atoms with Gasteiger partial charge in [-0.3, -0.25) is 0 Å². The number of nitrogens with zero attached hydrogens (tertiary/aromatic N) is 4. The van der Waals surface area contributed by atoms with Gasteiger partial charge in [-0.25, -0.2) is 9.98 Å². The molecule has 0 saturated carbocycles. The first-order valence-corrected chi connectivity index (χ1v) is 8.32. The molecular formula is C16H12ClN5S. The minimum atomic E-state index is -0.0194.